The van der Waals surface area contributed by atoms with Crippen LogP contribution in [0, 0.1) is 11.8 Å². The van der Waals surface area contributed by atoms with Gasteiger partial charge in [-0.25, -0.2) is 0 Å². The van der Waals surface area contributed by atoms with Gasteiger partial charge in [0.25, 0.3) is 0 Å². The molecule has 0 aromatic carbocycles. The standard InChI is InChI=1S/C15H29N3O/c1-12(5-3-8-16)15(19)18-10-7-14-13(11-18)6-4-9-17(14)2/h12-14H,3-11,16H2,1-2H3. The molecule has 3 atom stereocenters. The lowest BCUT2D eigenvalue weighted by Gasteiger charge is -2.46. The van der Waals surface area contributed by atoms with Gasteiger partial charge in [-0.2, -0.15) is 0 Å². The van der Waals surface area contributed by atoms with Gasteiger partial charge < -0.3 is 15.5 Å². The summed E-state index contributed by atoms with van der Waals surface area (Å²) in [5, 5.41) is 0. The summed E-state index contributed by atoms with van der Waals surface area (Å²) in [6.07, 6.45) is 5.60. The van der Waals surface area contributed by atoms with Crippen LogP contribution in [0.5, 0.6) is 0 Å². The Bertz CT molecular complexity index is 308. The molecule has 2 fully saturated rings. The molecule has 0 saturated carbocycles. The van der Waals surface area contributed by atoms with Gasteiger partial charge in [0, 0.05) is 25.0 Å². The molecule has 4 heteroatoms. The topological polar surface area (TPSA) is 49.6 Å². The van der Waals surface area contributed by atoms with Crippen LogP contribution in [0.3, 0.4) is 0 Å². The van der Waals surface area contributed by atoms with E-state index in [2.05, 4.69) is 23.8 Å². The number of amides is 1. The fraction of sp³-hybridized carbons (Fsp3) is 0.933. The van der Waals surface area contributed by atoms with Crippen LogP contribution in [0.2, 0.25) is 0 Å². The Labute approximate surface area is 117 Å². The van der Waals surface area contributed by atoms with Crippen molar-refractivity contribution in [2.75, 3.05) is 33.2 Å². The number of carbonyl (C=O) groups is 1. The van der Waals surface area contributed by atoms with E-state index in [1.807, 2.05) is 0 Å². The summed E-state index contributed by atoms with van der Waals surface area (Å²) < 4.78 is 0. The molecule has 0 aliphatic carbocycles. The lowest BCUT2D eigenvalue weighted by molar-refractivity contribution is -0.138. The van der Waals surface area contributed by atoms with Gasteiger partial charge in [0.15, 0.2) is 0 Å². The van der Waals surface area contributed by atoms with Crippen molar-refractivity contribution in [3.05, 3.63) is 0 Å². The van der Waals surface area contributed by atoms with Gasteiger partial charge in [-0.15, -0.1) is 0 Å². The number of piperidine rings is 2. The Hall–Kier alpha value is -0.610. The van der Waals surface area contributed by atoms with Crippen molar-refractivity contribution in [2.45, 2.75) is 45.1 Å². The Balaban J connectivity index is 1.87. The van der Waals surface area contributed by atoms with E-state index in [-0.39, 0.29) is 5.92 Å². The molecule has 2 aliphatic heterocycles. The van der Waals surface area contributed by atoms with Gasteiger partial charge in [-0.3, -0.25) is 4.79 Å². The second-order valence-electron chi connectivity index (χ2n) is 6.36. The van der Waals surface area contributed by atoms with E-state index in [9.17, 15) is 4.79 Å². The SMILES string of the molecule is CC(CCCN)C(=O)N1CCC2C(CCCN2C)C1. The third-order valence-corrected chi connectivity index (χ3v) is 4.92. The molecule has 2 rings (SSSR count). The number of nitrogens with zero attached hydrogens (tertiary/aromatic N) is 2. The number of fused-ring (bicyclic) bond motifs is 1. The van der Waals surface area contributed by atoms with Crippen molar-refractivity contribution in [1.82, 2.24) is 9.80 Å². The molecule has 2 heterocycles. The highest BCUT2D eigenvalue weighted by atomic mass is 16.2. The van der Waals surface area contributed by atoms with E-state index >= 15 is 0 Å². The fourth-order valence-electron chi connectivity index (χ4n) is 3.71. The third kappa shape index (κ3) is 3.48. The Morgan fingerprint density at radius 2 is 2.16 bits per heavy atom. The van der Waals surface area contributed by atoms with E-state index < -0.39 is 0 Å². The molecule has 0 aromatic rings. The number of nitrogens with two attached hydrogens (primary N) is 1. The van der Waals surface area contributed by atoms with E-state index in [0.717, 1.165) is 32.4 Å². The van der Waals surface area contributed by atoms with Crippen molar-refractivity contribution >= 4 is 5.91 Å². The summed E-state index contributed by atoms with van der Waals surface area (Å²) in [5.41, 5.74) is 5.53. The lowest BCUT2D eigenvalue weighted by Crippen LogP contribution is -2.54. The maximum absolute atomic E-state index is 12.4. The van der Waals surface area contributed by atoms with Crippen LogP contribution in [-0.2, 0) is 4.79 Å². The maximum atomic E-state index is 12.4. The average Bonchev–Trinajstić information content (AvgIpc) is 2.43. The molecule has 2 N–H and O–H groups in total. The monoisotopic (exact) mass is 267 g/mol. The first-order chi connectivity index (χ1) is 9.13. The molecule has 2 aliphatic rings. The first-order valence-electron chi connectivity index (χ1n) is 7.82. The van der Waals surface area contributed by atoms with Crippen molar-refractivity contribution in [3.63, 3.8) is 0 Å². The number of hydrogen-bond acceptors (Lipinski definition) is 3. The predicted molar refractivity (Wildman–Crippen MR) is 77.8 cm³/mol. The molecule has 2 saturated heterocycles. The summed E-state index contributed by atoms with van der Waals surface area (Å²) >= 11 is 0. The minimum atomic E-state index is 0.140. The number of carbonyl (C=O) groups excluding carboxylic acids is 1. The Morgan fingerprint density at radius 1 is 1.37 bits per heavy atom. The molecule has 110 valence electrons. The van der Waals surface area contributed by atoms with Gasteiger partial charge in [0.1, 0.15) is 0 Å². The molecule has 19 heavy (non-hydrogen) atoms. The van der Waals surface area contributed by atoms with E-state index in [4.69, 9.17) is 5.73 Å². The summed E-state index contributed by atoms with van der Waals surface area (Å²) in [6.45, 7) is 5.88. The number of hydrogen-bond donors (Lipinski definition) is 1. The molecular formula is C15H29N3O. The van der Waals surface area contributed by atoms with Crippen molar-refractivity contribution in [2.24, 2.45) is 17.6 Å². The van der Waals surface area contributed by atoms with Crippen LogP contribution in [0.4, 0.5) is 0 Å². The van der Waals surface area contributed by atoms with Gasteiger partial charge >= 0.3 is 0 Å². The molecule has 0 bridgehead atoms. The molecule has 0 spiro atoms. The summed E-state index contributed by atoms with van der Waals surface area (Å²) in [7, 11) is 2.23. The summed E-state index contributed by atoms with van der Waals surface area (Å²) in [4.78, 5) is 17.0. The lowest BCUT2D eigenvalue weighted by atomic mass is 9.83. The normalized spacial score (nSPS) is 29.9. The van der Waals surface area contributed by atoms with Gasteiger partial charge in [-0.1, -0.05) is 6.92 Å². The van der Waals surface area contributed by atoms with E-state index in [1.165, 1.54) is 19.4 Å². The highest BCUT2D eigenvalue weighted by molar-refractivity contribution is 5.78. The van der Waals surface area contributed by atoms with Crippen molar-refractivity contribution in [3.8, 4) is 0 Å². The fourth-order valence-corrected chi connectivity index (χ4v) is 3.71. The largest absolute Gasteiger partial charge is 0.342 e. The first-order valence-corrected chi connectivity index (χ1v) is 7.82. The van der Waals surface area contributed by atoms with Gasteiger partial charge in [-0.05, 0) is 58.2 Å². The number of rotatable bonds is 4. The summed E-state index contributed by atoms with van der Waals surface area (Å²) in [6, 6.07) is 0.706. The minimum Gasteiger partial charge on any atom is -0.342 e. The predicted octanol–water partition coefficient (Wildman–Crippen LogP) is 1.30. The van der Waals surface area contributed by atoms with Crippen LogP contribution in [0.15, 0.2) is 0 Å². The van der Waals surface area contributed by atoms with Crippen LogP contribution in [0.25, 0.3) is 0 Å². The Morgan fingerprint density at radius 3 is 2.89 bits per heavy atom. The third-order valence-electron chi connectivity index (χ3n) is 4.92. The molecule has 3 unspecified atom stereocenters. The second-order valence-corrected chi connectivity index (χ2v) is 6.36. The maximum Gasteiger partial charge on any atom is 0.225 e. The number of likely N-dealkylation sites (tertiary alicyclic amines) is 2. The first kappa shape index (κ1) is 14.8. The highest BCUT2D eigenvalue weighted by Crippen LogP contribution is 2.30. The van der Waals surface area contributed by atoms with E-state index in [0.29, 0.717) is 24.4 Å². The quantitative estimate of drug-likeness (QED) is 0.835. The minimum absolute atomic E-state index is 0.140. The van der Waals surface area contributed by atoms with Crippen LogP contribution < -0.4 is 5.73 Å². The molecule has 1 amide bonds. The van der Waals surface area contributed by atoms with Crippen LogP contribution in [-0.4, -0.2) is 55.0 Å². The van der Waals surface area contributed by atoms with Gasteiger partial charge in [0.05, 0.1) is 0 Å². The van der Waals surface area contributed by atoms with Crippen LogP contribution >= 0.6 is 0 Å². The molecule has 0 radical (unpaired) electrons. The van der Waals surface area contributed by atoms with Gasteiger partial charge in [0.2, 0.25) is 5.91 Å². The summed E-state index contributed by atoms with van der Waals surface area (Å²) in [5.74, 6) is 1.18. The molecule has 0 aromatic heterocycles. The van der Waals surface area contributed by atoms with Crippen LogP contribution in [0.1, 0.15) is 39.0 Å². The zero-order chi connectivity index (χ0) is 13.8. The second kappa shape index (κ2) is 6.71. The zero-order valence-corrected chi connectivity index (χ0v) is 12.5. The highest BCUT2D eigenvalue weighted by Gasteiger charge is 2.36. The molecule has 4 nitrogen and oxygen atoms in total. The van der Waals surface area contributed by atoms with Crippen molar-refractivity contribution < 1.29 is 4.79 Å². The van der Waals surface area contributed by atoms with E-state index in [1.54, 1.807) is 0 Å². The van der Waals surface area contributed by atoms with Crippen molar-refractivity contribution in [1.29, 1.82) is 0 Å². The smallest absolute Gasteiger partial charge is 0.225 e. The Kier molecular flexibility index (Phi) is 5.22. The molecular weight excluding hydrogens is 238 g/mol. The zero-order valence-electron chi connectivity index (χ0n) is 12.5. The average molecular weight is 267 g/mol.